The van der Waals surface area contributed by atoms with Gasteiger partial charge in [0.05, 0.1) is 5.41 Å². The standard InChI is InChI=1S/C21H31NO2/c1-18(2)19(3)4-5-21(18,12-16(19)23)17(24)22-20-9-13-6-14(10-20)8-15(7-13)11-20/h13-15H,4-12H2,1-3H3,(H,22,24). The average Bonchev–Trinajstić information content (AvgIpc) is 2.75. The molecule has 6 fully saturated rings. The highest BCUT2D eigenvalue weighted by molar-refractivity contribution is 5.99. The zero-order valence-corrected chi connectivity index (χ0v) is 15.4. The molecule has 0 heterocycles. The number of fused-ring (bicyclic) bond motifs is 2. The minimum Gasteiger partial charge on any atom is -0.350 e. The molecule has 3 heteroatoms. The van der Waals surface area contributed by atoms with Crippen LogP contribution in [-0.2, 0) is 9.59 Å². The number of rotatable bonds is 2. The lowest BCUT2D eigenvalue weighted by Crippen LogP contribution is -2.62. The Morgan fingerprint density at radius 3 is 1.92 bits per heavy atom. The molecule has 132 valence electrons. The maximum absolute atomic E-state index is 13.5. The number of hydrogen-bond acceptors (Lipinski definition) is 2. The van der Waals surface area contributed by atoms with Crippen molar-refractivity contribution in [2.45, 2.75) is 84.1 Å². The van der Waals surface area contributed by atoms with E-state index < -0.39 is 5.41 Å². The maximum atomic E-state index is 13.5. The molecular formula is C21H31NO2. The Labute approximate surface area is 145 Å². The Balaban J connectivity index is 1.45. The highest BCUT2D eigenvalue weighted by atomic mass is 16.2. The highest BCUT2D eigenvalue weighted by Gasteiger charge is 2.73. The van der Waals surface area contributed by atoms with Crippen molar-refractivity contribution in [1.29, 1.82) is 0 Å². The van der Waals surface area contributed by atoms with Crippen molar-refractivity contribution in [3.05, 3.63) is 0 Å². The van der Waals surface area contributed by atoms with Crippen molar-refractivity contribution in [1.82, 2.24) is 5.32 Å². The van der Waals surface area contributed by atoms with Gasteiger partial charge < -0.3 is 5.32 Å². The Kier molecular flexibility index (Phi) is 2.74. The first-order chi connectivity index (χ1) is 11.2. The number of hydrogen-bond donors (Lipinski definition) is 1. The van der Waals surface area contributed by atoms with Crippen LogP contribution in [0.3, 0.4) is 0 Å². The molecule has 0 aliphatic heterocycles. The van der Waals surface area contributed by atoms with Crippen LogP contribution in [0.1, 0.15) is 78.6 Å². The van der Waals surface area contributed by atoms with E-state index in [0.717, 1.165) is 30.6 Å². The molecule has 3 nitrogen and oxygen atoms in total. The average molecular weight is 329 g/mol. The Hall–Kier alpha value is -0.860. The Morgan fingerprint density at radius 2 is 1.50 bits per heavy atom. The Morgan fingerprint density at radius 1 is 0.958 bits per heavy atom. The van der Waals surface area contributed by atoms with E-state index in [9.17, 15) is 9.59 Å². The first-order valence-electron chi connectivity index (χ1n) is 10.1. The smallest absolute Gasteiger partial charge is 0.227 e. The summed E-state index contributed by atoms with van der Waals surface area (Å²) < 4.78 is 0. The summed E-state index contributed by atoms with van der Waals surface area (Å²) in [7, 11) is 0. The number of nitrogens with one attached hydrogen (secondary N) is 1. The topological polar surface area (TPSA) is 46.2 Å². The van der Waals surface area contributed by atoms with Crippen LogP contribution >= 0.6 is 0 Å². The molecule has 6 saturated carbocycles. The van der Waals surface area contributed by atoms with Crippen LogP contribution in [-0.4, -0.2) is 17.2 Å². The minimum atomic E-state index is -0.456. The third-order valence-corrected chi connectivity index (χ3v) is 9.56. The van der Waals surface area contributed by atoms with Crippen molar-refractivity contribution in [2.24, 2.45) is 34.0 Å². The summed E-state index contributed by atoms with van der Waals surface area (Å²) in [5, 5.41) is 3.59. The number of carbonyl (C=O) groups excluding carboxylic acids is 2. The summed E-state index contributed by atoms with van der Waals surface area (Å²) in [6.45, 7) is 6.44. The van der Waals surface area contributed by atoms with E-state index in [4.69, 9.17) is 0 Å². The van der Waals surface area contributed by atoms with Gasteiger partial charge in [-0.3, -0.25) is 9.59 Å². The number of ketones is 1. The van der Waals surface area contributed by atoms with Gasteiger partial charge in [-0.15, -0.1) is 0 Å². The van der Waals surface area contributed by atoms with E-state index >= 15 is 0 Å². The van der Waals surface area contributed by atoms with Gasteiger partial charge in [-0.2, -0.15) is 0 Å². The van der Waals surface area contributed by atoms with Crippen molar-refractivity contribution in [2.75, 3.05) is 0 Å². The molecule has 6 bridgehead atoms. The van der Waals surface area contributed by atoms with Crippen LogP contribution in [0.15, 0.2) is 0 Å². The molecule has 1 N–H and O–H groups in total. The predicted molar refractivity (Wildman–Crippen MR) is 92.2 cm³/mol. The summed E-state index contributed by atoms with van der Waals surface area (Å²) in [6, 6.07) is 0. The lowest BCUT2D eigenvalue weighted by atomic mass is 9.52. The second kappa shape index (κ2) is 4.27. The second-order valence-corrected chi connectivity index (χ2v) is 10.8. The fraction of sp³-hybridized carbons (Fsp3) is 0.905. The fourth-order valence-electron chi connectivity index (χ4n) is 7.98. The molecule has 6 aliphatic rings. The van der Waals surface area contributed by atoms with Crippen molar-refractivity contribution < 1.29 is 9.59 Å². The quantitative estimate of drug-likeness (QED) is 0.836. The SMILES string of the molecule is CC12CCC(C(=O)NC34CC5CC(CC(C5)C3)C4)(CC1=O)C2(C)C. The molecule has 0 saturated heterocycles. The number of amides is 1. The van der Waals surface area contributed by atoms with Crippen LogP contribution < -0.4 is 5.32 Å². The van der Waals surface area contributed by atoms with Gasteiger partial charge in [0.1, 0.15) is 5.78 Å². The van der Waals surface area contributed by atoms with Gasteiger partial charge in [-0.05, 0) is 74.5 Å². The fourth-order valence-corrected chi connectivity index (χ4v) is 7.98. The molecule has 2 unspecified atom stereocenters. The molecule has 0 spiro atoms. The molecule has 2 atom stereocenters. The molecule has 0 radical (unpaired) electrons. The zero-order chi connectivity index (χ0) is 17.0. The molecular weight excluding hydrogens is 298 g/mol. The summed E-state index contributed by atoms with van der Waals surface area (Å²) in [4.78, 5) is 26.2. The van der Waals surface area contributed by atoms with E-state index in [1.807, 2.05) is 0 Å². The first-order valence-corrected chi connectivity index (χ1v) is 10.1. The molecule has 6 aliphatic carbocycles. The molecule has 6 rings (SSSR count). The molecule has 0 aromatic heterocycles. The van der Waals surface area contributed by atoms with Gasteiger partial charge in [0, 0.05) is 17.4 Å². The van der Waals surface area contributed by atoms with Crippen molar-refractivity contribution in [3.63, 3.8) is 0 Å². The highest BCUT2D eigenvalue weighted by Crippen LogP contribution is 2.71. The lowest BCUT2D eigenvalue weighted by molar-refractivity contribution is -0.142. The third-order valence-electron chi connectivity index (χ3n) is 9.56. The second-order valence-electron chi connectivity index (χ2n) is 10.8. The summed E-state index contributed by atoms with van der Waals surface area (Å²) in [5.41, 5.74) is -0.918. The summed E-state index contributed by atoms with van der Waals surface area (Å²) >= 11 is 0. The molecule has 1 amide bonds. The van der Waals surface area contributed by atoms with Crippen LogP contribution in [0, 0.1) is 34.0 Å². The van der Waals surface area contributed by atoms with E-state index in [1.54, 1.807) is 0 Å². The van der Waals surface area contributed by atoms with Crippen molar-refractivity contribution in [3.8, 4) is 0 Å². The zero-order valence-electron chi connectivity index (χ0n) is 15.4. The lowest BCUT2D eigenvalue weighted by Gasteiger charge is -2.57. The monoisotopic (exact) mass is 329 g/mol. The molecule has 0 aromatic rings. The van der Waals surface area contributed by atoms with Gasteiger partial charge in [-0.25, -0.2) is 0 Å². The van der Waals surface area contributed by atoms with Gasteiger partial charge in [0.15, 0.2) is 0 Å². The van der Waals surface area contributed by atoms with Crippen LogP contribution in [0.5, 0.6) is 0 Å². The predicted octanol–water partition coefficient (Wildman–Crippen LogP) is 3.86. The van der Waals surface area contributed by atoms with Crippen molar-refractivity contribution >= 4 is 11.7 Å². The maximum Gasteiger partial charge on any atom is 0.227 e. The van der Waals surface area contributed by atoms with Crippen LogP contribution in [0.4, 0.5) is 0 Å². The van der Waals surface area contributed by atoms with E-state index in [0.29, 0.717) is 12.2 Å². The summed E-state index contributed by atoms with van der Waals surface area (Å²) in [6.07, 6.45) is 9.97. The number of carbonyl (C=O) groups is 2. The number of Topliss-reactive ketones (excluding diaryl/α,β-unsaturated/α-hetero) is 1. The van der Waals surface area contributed by atoms with Gasteiger partial charge in [-0.1, -0.05) is 20.8 Å². The van der Waals surface area contributed by atoms with Crippen LogP contribution in [0.2, 0.25) is 0 Å². The Bertz CT molecular complexity index is 600. The molecule has 0 aromatic carbocycles. The van der Waals surface area contributed by atoms with E-state index in [2.05, 4.69) is 26.1 Å². The third kappa shape index (κ3) is 1.60. The van der Waals surface area contributed by atoms with E-state index in [-0.39, 0.29) is 22.3 Å². The van der Waals surface area contributed by atoms with Crippen LogP contribution in [0.25, 0.3) is 0 Å². The largest absolute Gasteiger partial charge is 0.350 e. The molecule has 24 heavy (non-hydrogen) atoms. The van der Waals surface area contributed by atoms with Gasteiger partial charge in [0.2, 0.25) is 5.91 Å². The van der Waals surface area contributed by atoms with Gasteiger partial charge in [0.25, 0.3) is 0 Å². The van der Waals surface area contributed by atoms with E-state index in [1.165, 1.54) is 38.5 Å². The summed E-state index contributed by atoms with van der Waals surface area (Å²) in [5.74, 6) is 3.03. The van der Waals surface area contributed by atoms with Gasteiger partial charge >= 0.3 is 0 Å². The normalized spacial score (nSPS) is 53.6. The minimum absolute atomic E-state index is 0.0568. The first kappa shape index (κ1) is 15.4.